The Bertz CT molecular complexity index is 3370. The summed E-state index contributed by atoms with van der Waals surface area (Å²) >= 11 is 0. The zero-order valence-corrected chi connectivity index (χ0v) is 47.0. The molecule has 0 radical (unpaired) electrons. The molecular formula is C56H64N12O8S2. The number of ether oxygens (including phenoxy) is 4. The van der Waals surface area contributed by atoms with E-state index in [0.717, 1.165) is 33.4 Å². The maximum absolute atomic E-state index is 13.9. The van der Waals surface area contributed by atoms with Crippen LogP contribution in [0.4, 0.5) is 0 Å². The Morgan fingerprint density at radius 1 is 0.526 bits per heavy atom. The summed E-state index contributed by atoms with van der Waals surface area (Å²) in [5.41, 5.74) is 8.01. The van der Waals surface area contributed by atoms with Gasteiger partial charge in [0.15, 0.2) is 54.6 Å². The Balaban J connectivity index is 0.000000226. The van der Waals surface area contributed by atoms with Gasteiger partial charge in [0.1, 0.15) is 35.2 Å². The number of benzene rings is 2. The lowest BCUT2D eigenvalue weighted by Gasteiger charge is -2.23. The number of hydrogen-bond donors (Lipinski definition) is 0. The smallest absolute Gasteiger partial charge is 0.170 e. The number of pyridine rings is 2. The van der Waals surface area contributed by atoms with Crippen LogP contribution in [0.2, 0.25) is 0 Å². The van der Waals surface area contributed by atoms with Gasteiger partial charge in [0.05, 0.1) is 49.3 Å². The zero-order valence-electron chi connectivity index (χ0n) is 45.4. The predicted molar refractivity (Wildman–Crippen MR) is 297 cm³/mol. The van der Waals surface area contributed by atoms with Gasteiger partial charge in [-0.25, -0.2) is 36.8 Å². The van der Waals surface area contributed by atoms with Crippen LogP contribution in [0.15, 0.2) is 123 Å². The van der Waals surface area contributed by atoms with Gasteiger partial charge in [-0.05, 0) is 113 Å². The monoisotopic (exact) mass is 1100 g/mol. The molecule has 20 nitrogen and oxygen atoms in total. The minimum absolute atomic E-state index is 0.142. The van der Waals surface area contributed by atoms with E-state index in [2.05, 4.69) is 63.5 Å². The molecule has 6 aromatic heterocycles. The SMILES string of the molecule is C=CCO[C@@H](c1ncc(C)cn1)[C@@H](C)S(=O)(=O)Cc1nnc(-c2cncc(C)c2)n1-c1c(C)cccc1OC.C=CCO[C@H](c1ncc(C)cn1)[C@H](C)S(=O)(=O)Cc1nnc(-c2cncc(C)c2)n1-c1c(C)cccc1OC. The molecule has 0 N–H and O–H groups in total. The fourth-order valence-electron chi connectivity index (χ4n) is 8.47. The summed E-state index contributed by atoms with van der Waals surface area (Å²) in [5, 5.41) is 15.5. The molecule has 0 saturated carbocycles. The molecule has 0 aliphatic rings. The molecule has 2 aromatic carbocycles. The van der Waals surface area contributed by atoms with Crippen molar-refractivity contribution in [2.75, 3.05) is 27.4 Å². The predicted octanol–water partition coefficient (Wildman–Crippen LogP) is 8.60. The number of aryl methyl sites for hydroxylation is 6. The van der Waals surface area contributed by atoms with Gasteiger partial charge in [-0.1, -0.05) is 36.4 Å². The zero-order chi connectivity index (χ0) is 56.3. The first-order valence-electron chi connectivity index (χ1n) is 24.8. The summed E-state index contributed by atoms with van der Waals surface area (Å²) in [7, 11) is -4.59. The van der Waals surface area contributed by atoms with Gasteiger partial charge >= 0.3 is 0 Å². The van der Waals surface area contributed by atoms with E-state index in [1.165, 1.54) is 0 Å². The molecule has 0 saturated heterocycles. The first kappa shape index (κ1) is 57.8. The van der Waals surface area contributed by atoms with E-state index in [4.69, 9.17) is 18.9 Å². The highest BCUT2D eigenvalue weighted by molar-refractivity contribution is 7.91. The second kappa shape index (κ2) is 25.5. The number of para-hydroxylation sites is 2. The van der Waals surface area contributed by atoms with Crippen LogP contribution in [0.25, 0.3) is 34.2 Å². The quantitative estimate of drug-likeness (QED) is 0.0577. The lowest BCUT2D eigenvalue weighted by Crippen LogP contribution is -2.31. The number of hydrogen-bond acceptors (Lipinski definition) is 18. The third-order valence-electron chi connectivity index (χ3n) is 12.6. The van der Waals surface area contributed by atoms with Crippen LogP contribution < -0.4 is 9.47 Å². The second-order valence-electron chi connectivity index (χ2n) is 18.7. The maximum atomic E-state index is 13.9. The normalized spacial score (nSPS) is 13.2. The van der Waals surface area contributed by atoms with Crippen LogP contribution in [0.3, 0.4) is 0 Å². The van der Waals surface area contributed by atoms with Crippen LogP contribution in [0.1, 0.15) is 82.7 Å². The highest BCUT2D eigenvalue weighted by Crippen LogP contribution is 2.36. The molecule has 4 atom stereocenters. The average Bonchev–Trinajstić information content (AvgIpc) is 4.18. The molecule has 0 unspecified atom stereocenters. The van der Waals surface area contributed by atoms with Crippen molar-refractivity contribution in [1.29, 1.82) is 0 Å². The van der Waals surface area contributed by atoms with Crippen LogP contribution in [0.5, 0.6) is 11.5 Å². The molecule has 8 aromatic rings. The lowest BCUT2D eigenvalue weighted by molar-refractivity contribution is 0.0668. The van der Waals surface area contributed by atoms with Crippen molar-refractivity contribution in [3.05, 3.63) is 180 Å². The fourth-order valence-corrected chi connectivity index (χ4v) is 11.2. The largest absolute Gasteiger partial charge is 0.495 e. The Labute approximate surface area is 455 Å². The van der Waals surface area contributed by atoms with Gasteiger partial charge in [-0.2, -0.15) is 0 Å². The van der Waals surface area contributed by atoms with Crippen molar-refractivity contribution < 1.29 is 35.8 Å². The van der Waals surface area contributed by atoms with E-state index in [1.54, 1.807) is 98.9 Å². The van der Waals surface area contributed by atoms with Crippen molar-refractivity contribution in [2.24, 2.45) is 0 Å². The summed E-state index contributed by atoms with van der Waals surface area (Å²) < 4.78 is 82.0. The van der Waals surface area contributed by atoms with Gasteiger partial charge in [0, 0.05) is 60.7 Å². The van der Waals surface area contributed by atoms with Gasteiger partial charge in [0.25, 0.3) is 0 Å². The Morgan fingerprint density at radius 2 is 0.897 bits per heavy atom. The number of aromatic nitrogens is 12. The van der Waals surface area contributed by atoms with E-state index in [9.17, 15) is 16.8 Å². The van der Waals surface area contributed by atoms with Crippen LogP contribution in [0, 0.1) is 41.5 Å². The minimum Gasteiger partial charge on any atom is -0.495 e. The summed E-state index contributed by atoms with van der Waals surface area (Å²) in [4.78, 5) is 25.9. The molecule has 0 aliphatic carbocycles. The second-order valence-corrected chi connectivity index (χ2v) is 23.4. The summed E-state index contributed by atoms with van der Waals surface area (Å²) in [6, 6.07) is 15.1. The molecule has 0 fully saturated rings. The van der Waals surface area contributed by atoms with Crippen molar-refractivity contribution >= 4 is 19.7 Å². The number of sulfone groups is 2. The molecule has 408 valence electrons. The third kappa shape index (κ3) is 13.2. The summed E-state index contributed by atoms with van der Waals surface area (Å²) in [6.45, 7) is 22.2. The van der Waals surface area contributed by atoms with Crippen molar-refractivity contribution in [3.8, 4) is 45.6 Å². The van der Waals surface area contributed by atoms with Crippen molar-refractivity contribution in [3.63, 3.8) is 0 Å². The van der Waals surface area contributed by atoms with Crippen molar-refractivity contribution in [2.45, 2.75) is 89.6 Å². The van der Waals surface area contributed by atoms with Crippen molar-refractivity contribution in [1.82, 2.24) is 59.4 Å². The highest BCUT2D eigenvalue weighted by Gasteiger charge is 2.37. The highest BCUT2D eigenvalue weighted by atomic mass is 32.2. The standard InChI is InChI=1S/2C28H32N6O4S/c2*1-7-11-38-26(27-30-14-19(3)15-31-27)21(5)39(35,36)17-24-32-33-28(22-12-18(2)13-29-16-22)34(24)25-20(4)9-8-10-23(25)37-6/h2*7-10,12-16,21,26H,1,11,17H2,2-6H3/t2*21-,26-/m10/s1. The van der Waals surface area contributed by atoms with E-state index >= 15 is 0 Å². The molecule has 78 heavy (non-hydrogen) atoms. The number of nitrogens with zero attached hydrogens (tertiary/aromatic N) is 12. The molecule has 22 heteroatoms. The molecule has 0 amide bonds. The van der Waals surface area contributed by atoms with Gasteiger partial charge < -0.3 is 18.9 Å². The lowest BCUT2D eigenvalue weighted by atomic mass is 10.1. The van der Waals surface area contributed by atoms with Gasteiger partial charge in [-0.3, -0.25) is 19.1 Å². The summed E-state index contributed by atoms with van der Waals surface area (Å²) in [5.74, 6) is 2.26. The van der Waals surface area contributed by atoms with E-state index in [1.807, 2.05) is 90.1 Å². The number of rotatable bonds is 22. The Kier molecular flexibility index (Phi) is 18.9. The molecule has 0 bridgehead atoms. The third-order valence-corrected chi connectivity index (χ3v) is 16.6. The first-order chi connectivity index (χ1) is 37.3. The molecular weight excluding hydrogens is 1030 g/mol. The topological polar surface area (TPSA) is 244 Å². The first-order valence-corrected chi connectivity index (χ1v) is 28.2. The van der Waals surface area contributed by atoms with Crippen LogP contribution in [-0.2, 0) is 40.7 Å². The minimum atomic E-state index is -3.86. The average molecular weight is 1100 g/mol. The number of methoxy groups -OCH3 is 2. The van der Waals surface area contributed by atoms with E-state index in [0.29, 0.717) is 45.6 Å². The molecule has 6 heterocycles. The van der Waals surface area contributed by atoms with Crippen LogP contribution >= 0.6 is 0 Å². The Morgan fingerprint density at radius 3 is 1.23 bits per heavy atom. The summed E-state index contributed by atoms with van der Waals surface area (Å²) in [6.07, 6.45) is 14.7. The molecule has 0 aliphatic heterocycles. The van der Waals surface area contributed by atoms with Gasteiger partial charge in [-0.15, -0.1) is 33.6 Å². The van der Waals surface area contributed by atoms with Gasteiger partial charge in [0.2, 0.25) is 0 Å². The molecule has 0 spiro atoms. The van der Waals surface area contributed by atoms with Crippen LogP contribution in [-0.4, -0.2) is 114 Å². The molecule has 8 rings (SSSR count). The maximum Gasteiger partial charge on any atom is 0.170 e. The fraction of sp³-hybridized carbons (Fsp3) is 0.321. The van der Waals surface area contributed by atoms with E-state index < -0.39 is 53.9 Å². The Hall–Kier alpha value is -7.92. The van der Waals surface area contributed by atoms with E-state index in [-0.39, 0.29) is 36.5 Å².